The summed E-state index contributed by atoms with van der Waals surface area (Å²) in [6.45, 7) is 2.18. The summed E-state index contributed by atoms with van der Waals surface area (Å²) in [6.07, 6.45) is 6.68. The van der Waals surface area contributed by atoms with Crippen molar-refractivity contribution in [1.29, 1.82) is 0 Å². The van der Waals surface area contributed by atoms with E-state index in [1.165, 1.54) is 19.3 Å². The lowest BCUT2D eigenvalue weighted by atomic mass is 9.88. The molecule has 0 aliphatic heterocycles. The maximum absolute atomic E-state index is 10.7. The topological polar surface area (TPSA) is 26.3 Å². The van der Waals surface area contributed by atoms with Crippen LogP contribution in [0, 0.1) is 5.92 Å². The Labute approximate surface area is 71.0 Å². The first-order chi connectivity index (χ1) is 5.20. The van der Waals surface area contributed by atoms with E-state index in [4.69, 9.17) is 4.18 Å². The lowest BCUT2D eigenvalue weighted by Gasteiger charge is -2.27. The Kier molecular flexibility index (Phi) is 3.52. The highest BCUT2D eigenvalue weighted by molar-refractivity contribution is 7.79. The van der Waals surface area contributed by atoms with Gasteiger partial charge in [-0.05, 0) is 18.8 Å². The van der Waals surface area contributed by atoms with Crippen LogP contribution in [0.2, 0.25) is 0 Å². The second-order valence-corrected chi connectivity index (χ2v) is 4.29. The molecule has 3 unspecified atom stereocenters. The molecule has 1 fully saturated rings. The Hall–Kier alpha value is 0.110. The summed E-state index contributed by atoms with van der Waals surface area (Å²) in [4.78, 5) is 0. The van der Waals surface area contributed by atoms with E-state index >= 15 is 0 Å². The predicted molar refractivity (Wildman–Crippen MR) is 46.6 cm³/mol. The van der Waals surface area contributed by atoms with E-state index in [-0.39, 0.29) is 6.10 Å². The fourth-order valence-corrected chi connectivity index (χ4v) is 2.23. The van der Waals surface area contributed by atoms with Crippen LogP contribution in [0.4, 0.5) is 0 Å². The maximum atomic E-state index is 10.7. The van der Waals surface area contributed by atoms with E-state index in [1.807, 2.05) is 0 Å². The van der Waals surface area contributed by atoms with Gasteiger partial charge in [0, 0.05) is 6.26 Å². The van der Waals surface area contributed by atoms with Gasteiger partial charge in [0.15, 0.2) is 11.1 Å². The fraction of sp³-hybridized carbons (Fsp3) is 1.00. The lowest BCUT2D eigenvalue weighted by molar-refractivity contribution is 0.118. The zero-order valence-corrected chi connectivity index (χ0v) is 8.02. The predicted octanol–water partition coefficient (Wildman–Crippen LogP) is 1.88. The summed E-state index contributed by atoms with van der Waals surface area (Å²) >= 11 is -1.08. The maximum Gasteiger partial charge on any atom is 0.152 e. The summed E-state index contributed by atoms with van der Waals surface area (Å²) in [5.74, 6) is 0.590. The van der Waals surface area contributed by atoms with E-state index in [2.05, 4.69) is 6.92 Å². The third-order valence-corrected chi connectivity index (χ3v) is 2.81. The minimum Gasteiger partial charge on any atom is -0.287 e. The van der Waals surface area contributed by atoms with Crippen LogP contribution in [0.1, 0.15) is 32.6 Å². The molecule has 0 bridgehead atoms. The fourth-order valence-electron chi connectivity index (χ4n) is 1.60. The highest BCUT2D eigenvalue weighted by atomic mass is 32.2. The largest absolute Gasteiger partial charge is 0.287 e. The Balaban J connectivity index is 2.35. The Morgan fingerprint density at radius 1 is 1.36 bits per heavy atom. The first-order valence-corrected chi connectivity index (χ1v) is 5.69. The zero-order chi connectivity index (χ0) is 8.27. The van der Waals surface area contributed by atoms with Gasteiger partial charge < -0.3 is 0 Å². The number of hydrogen-bond donors (Lipinski definition) is 0. The molecule has 1 aliphatic rings. The van der Waals surface area contributed by atoms with E-state index < -0.39 is 11.1 Å². The molecule has 2 nitrogen and oxygen atoms in total. The van der Waals surface area contributed by atoms with Crippen LogP contribution < -0.4 is 0 Å². The zero-order valence-electron chi connectivity index (χ0n) is 7.21. The van der Waals surface area contributed by atoms with Gasteiger partial charge in [0.1, 0.15) is 0 Å². The standard InChI is InChI=1S/C8H16O2S/c1-7-5-3-4-6-8(7)10-11(2)9/h7-8H,3-6H2,1-2H3. The van der Waals surface area contributed by atoms with Crippen molar-refractivity contribution < 1.29 is 8.39 Å². The van der Waals surface area contributed by atoms with Gasteiger partial charge in [-0.25, -0.2) is 4.21 Å². The molecule has 0 aromatic heterocycles. The number of hydrogen-bond acceptors (Lipinski definition) is 2. The summed E-state index contributed by atoms with van der Waals surface area (Å²) in [5, 5.41) is 0. The Morgan fingerprint density at radius 3 is 2.55 bits per heavy atom. The van der Waals surface area contributed by atoms with Crippen molar-refractivity contribution in [2.75, 3.05) is 6.26 Å². The van der Waals surface area contributed by atoms with E-state index in [1.54, 1.807) is 6.26 Å². The molecule has 1 saturated carbocycles. The molecule has 0 N–H and O–H groups in total. The average Bonchev–Trinajstić information content (AvgIpc) is 1.93. The van der Waals surface area contributed by atoms with Crippen molar-refractivity contribution in [3.8, 4) is 0 Å². The minimum atomic E-state index is -1.08. The molecule has 3 heteroatoms. The van der Waals surface area contributed by atoms with Crippen LogP contribution in [-0.4, -0.2) is 16.6 Å². The van der Waals surface area contributed by atoms with Crippen LogP contribution in [0.5, 0.6) is 0 Å². The first kappa shape index (κ1) is 9.20. The Bertz CT molecular complexity index is 147. The van der Waals surface area contributed by atoms with Crippen LogP contribution >= 0.6 is 0 Å². The van der Waals surface area contributed by atoms with Crippen LogP contribution in [0.3, 0.4) is 0 Å². The summed E-state index contributed by atoms with van der Waals surface area (Å²) in [5.41, 5.74) is 0. The molecule has 0 saturated heterocycles. The van der Waals surface area contributed by atoms with Crippen LogP contribution in [-0.2, 0) is 15.3 Å². The summed E-state index contributed by atoms with van der Waals surface area (Å²) in [7, 11) is 0. The van der Waals surface area contributed by atoms with Gasteiger partial charge in [-0.15, -0.1) is 0 Å². The van der Waals surface area contributed by atoms with Crippen molar-refractivity contribution in [3.05, 3.63) is 0 Å². The molecule has 3 atom stereocenters. The van der Waals surface area contributed by atoms with Gasteiger partial charge in [-0.3, -0.25) is 4.18 Å². The Morgan fingerprint density at radius 2 is 2.00 bits per heavy atom. The molecule has 0 heterocycles. The third-order valence-electron chi connectivity index (χ3n) is 2.29. The molecule has 66 valence electrons. The van der Waals surface area contributed by atoms with E-state index in [0.717, 1.165) is 6.42 Å². The van der Waals surface area contributed by atoms with Crippen LogP contribution in [0.15, 0.2) is 0 Å². The van der Waals surface area contributed by atoms with Gasteiger partial charge in [-0.1, -0.05) is 19.8 Å². The first-order valence-electron chi connectivity index (χ1n) is 4.20. The highest BCUT2D eigenvalue weighted by Gasteiger charge is 2.22. The quantitative estimate of drug-likeness (QED) is 0.642. The number of rotatable bonds is 2. The molecule has 1 aliphatic carbocycles. The second kappa shape index (κ2) is 4.21. The molecule has 0 radical (unpaired) electrons. The molecule has 0 amide bonds. The molecule has 1 rings (SSSR count). The van der Waals surface area contributed by atoms with Crippen molar-refractivity contribution in [1.82, 2.24) is 0 Å². The van der Waals surface area contributed by atoms with Crippen molar-refractivity contribution in [2.24, 2.45) is 5.92 Å². The van der Waals surface area contributed by atoms with Gasteiger partial charge in [0.05, 0.1) is 6.10 Å². The van der Waals surface area contributed by atoms with Crippen molar-refractivity contribution >= 4 is 11.1 Å². The highest BCUT2D eigenvalue weighted by Crippen LogP contribution is 2.26. The van der Waals surface area contributed by atoms with Crippen molar-refractivity contribution in [2.45, 2.75) is 38.7 Å². The molecular weight excluding hydrogens is 160 g/mol. The second-order valence-electron chi connectivity index (χ2n) is 3.30. The molecule has 0 aromatic rings. The lowest BCUT2D eigenvalue weighted by Crippen LogP contribution is -2.25. The van der Waals surface area contributed by atoms with E-state index in [9.17, 15) is 4.21 Å². The molecule has 0 aromatic carbocycles. The smallest absolute Gasteiger partial charge is 0.152 e. The summed E-state index contributed by atoms with van der Waals surface area (Å²) in [6, 6.07) is 0. The summed E-state index contributed by atoms with van der Waals surface area (Å²) < 4.78 is 16.0. The van der Waals surface area contributed by atoms with Gasteiger partial charge in [-0.2, -0.15) is 0 Å². The monoisotopic (exact) mass is 176 g/mol. The van der Waals surface area contributed by atoms with Crippen LogP contribution in [0.25, 0.3) is 0 Å². The SMILES string of the molecule is CC1CCCCC1OS(C)=O. The van der Waals surface area contributed by atoms with Gasteiger partial charge in [0.25, 0.3) is 0 Å². The van der Waals surface area contributed by atoms with Gasteiger partial charge >= 0.3 is 0 Å². The molecular formula is C8H16O2S. The van der Waals surface area contributed by atoms with Gasteiger partial charge in [0.2, 0.25) is 0 Å². The molecule has 0 spiro atoms. The average molecular weight is 176 g/mol. The van der Waals surface area contributed by atoms with E-state index in [0.29, 0.717) is 5.92 Å². The van der Waals surface area contributed by atoms with Crippen molar-refractivity contribution in [3.63, 3.8) is 0 Å². The normalized spacial score (nSPS) is 35.1. The minimum absolute atomic E-state index is 0.245. The molecule has 11 heavy (non-hydrogen) atoms. The third kappa shape index (κ3) is 2.91.